The maximum Gasteiger partial charge on any atom is 0.338 e. The van der Waals surface area contributed by atoms with E-state index in [0.29, 0.717) is 49.8 Å². The Balaban J connectivity index is 1.44. The number of rotatable bonds is 8. The third-order valence-corrected chi connectivity index (χ3v) is 5.79. The molecule has 3 N–H and O–H groups in total. The van der Waals surface area contributed by atoms with Crippen molar-refractivity contribution in [3.8, 4) is 17.2 Å². The summed E-state index contributed by atoms with van der Waals surface area (Å²) >= 11 is 11.5. The number of halogens is 1. The van der Waals surface area contributed by atoms with Crippen LogP contribution in [0.3, 0.4) is 0 Å². The van der Waals surface area contributed by atoms with Gasteiger partial charge in [-0.2, -0.15) is 5.10 Å². The van der Waals surface area contributed by atoms with Crippen LogP contribution < -0.4 is 30.3 Å². The van der Waals surface area contributed by atoms with E-state index in [9.17, 15) is 9.59 Å². The first-order valence-electron chi connectivity index (χ1n) is 11.0. The second-order valence-corrected chi connectivity index (χ2v) is 8.45. The van der Waals surface area contributed by atoms with Gasteiger partial charge in [-0.05, 0) is 38.2 Å². The Bertz CT molecular complexity index is 1270. The van der Waals surface area contributed by atoms with Gasteiger partial charge in [-0.25, -0.2) is 10.2 Å². The second-order valence-electron chi connectivity index (χ2n) is 7.64. The summed E-state index contributed by atoms with van der Waals surface area (Å²) in [5.74, 6) is 0.515. The van der Waals surface area contributed by atoms with E-state index in [1.807, 2.05) is 0 Å². The molecule has 2 aliphatic rings. The second kappa shape index (κ2) is 11.3. The predicted octanol–water partition coefficient (Wildman–Crippen LogP) is 2.95. The van der Waals surface area contributed by atoms with Crippen molar-refractivity contribution in [2.24, 2.45) is 5.10 Å². The lowest BCUT2D eigenvalue weighted by atomic mass is 9.95. The zero-order valence-corrected chi connectivity index (χ0v) is 21.0. The molecule has 1 atom stereocenters. The van der Waals surface area contributed by atoms with Crippen LogP contribution in [0.25, 0.3) is 0 Å². The number of hydrazone groups is 1. The van der Waals surface area contributed by atoms with Crippen molar-refractivity contribution in [1.82, 2.24) is 16.1 Å². The molecule has 0 aromatic heterocycles. The SMILES string of the molecule is CCOC(=O)C1=C(C)NC(=S)N[C@H]1c1ccccc1OCC(=O)NN=Cc1cc2c(cc1Cl)OCO2. The number of nitrogens with zero attached hydrogens (tertiary/aromatic N) is 1. The van der Waals surface area contributed by atoms with Gasteiger partial charge in [0.15, 0.2) is 23.2 Å². The van der Waals surface area contributed by atoms with Gasteiger partial charge >= 0.3 is 5.97 Å². The van der Waals surface area contributed by atoms with Gasteiger partial charge in [-0.1, -0.05) is 29.8 Å². The fourth-order valence-electron chi connectivity index (χ4n) is 3.64. The summed E-state index contributed by atoms with van der Waals surface area (Å²) in [4.78, 5) is 25.0. The molecule has 2 aromatic carbocycles. The Morgan fingerprint density at radius 1 is 1.28 bits per heavy atom. The summed E-state index contributed by atoms with van der Waals surface area (Å²) in [6.45, 7) is 3.50. The summed E-state index contributed by atoms with van der Waals surface area (Å²) in [6.07, 6.45) is 1.40. The summed E-state index contributed by atoms with van der Waals surface area (Å²) in [6, 6.07) is 9.70. The number of carbonyl (C=O) groups is 2. The molecule has 0 bridgehead atoms. The number of fused-ring (bicyclic) bond motifs is 1. The quantitative estimate of drug-likeness (QED) is 0.205. The van der Waals surface area contributed by atoms with Crippen molar-refractivity contribution in [3.63, 3.8) is 0 Å². The number of nitrogens with one attached hydrogen (secondary N) is 3. The Hall–Kier alpha value is -3.83. The minimum atomic E-state index is -0.622. The van der Waals surface area contributed by atoms with E-state index in [0.717, 1.165) is 0 Å². The van der Waals surface area contributed by atoms with Gasteiger partial charge < -0.3 is 29.6 Å². The Morgan fingerprint density at radius 2 is 2.03 bits per heavy atom. The number of hydrogen-bond acceptors (Lipinski definition) is 8. The molecule has 0 radical (unpaired) electrons. The maximum atomic E-state index is 12.6. The molecular formula is C24H23ClN4O6S. The average Bonchev–Trinajstić information content (AvgIpc) is 3.29. The third kappa shape index (κ3) is 5.69. The van der Waals surface area contributed by atoms with Gasteiger partial charge in [0.05, 0.1) is 29.5 Å². The molecule has 0 saturated heterocycles. The standard InChI is InChI=1S/C24H23ClN4O6S/c1-3-32-23(31)21-13(2)27-24(36)28-22(21)15-6-4-5-7-17(15)33-11-20(30)29-26-10-14-8-18-19(9-16(14)25)35-12-34-18/h4-10,22H,3,11-12H2,1-2H3,(H,29,30)(H2,27,28,36)/t22-/m0/s1. The summed E-state index contributed by atoms with van der Waals surface area (Å²) < 4.78 is 21.6. The lowest BCUT2D eigenvalue weighted by Gasteiger charge is -2.30. The van der Waals surface area contributed by atoms with E-state index >= 15 is 0 Å². The minimum absolute atomic E-state index is 0.122. The number of carbonyl (C=O) groups excluding carboxylic acids is 2. The molecule has 36 heavy (non-hydrogen) atoms. The average molecular weight is 531 g/mol. The predicted molar refractivity (Wildman–Crippen MR) is 136 cm³/mol. The van der Waals surface area contributed by atoms with Crippen LogP contribution in [0.15, 0.2) is 52.8 Å². The molecule has 1 amide bonds. The van der Waals surface area contributed by atoms with Crippen LogP contribution in [0.2, 0.25) is 5.02 Å². The van der Waals surface area contributed by atoms with Crippen LogP contribution in [0, 0.1) is 0 Å². The molecule has 0 aliphatic carbocycles. The Labute approximate surface area is 217 Å². The minimum Gasteiger partial charge on any atom is -0.483 e. The van der Waals surface area contributed by atoms with Gasteiger partial charge in [0, 0.05) is 22.9 Å². The zero-order valence-electron chi connectivity index (χ0n) is 19.4. The van der Waals surface area contributed by atoms with Gasteiger partial charge in [0.25, 0.3) is 5.91 Å². The monoisotopic (exact) mass is 530 g/mol. The molecule has 4 rings (SSSR count). The highest BCUT2D eigenvalue weighted by Gasteiger charge is 2.32. The molecule has 12 heteroatoms. The van der Waals surface area contributed by atoms with Crippen molar-refractivity contribution in [2.45, 2.75) is 19.9 Å². The molecular weight excluding hydrogens is 508 g/mol. The van der Waals surface area contributed by atoms with Crippen molar-refractivity contribution < 1.29 is 28.5 Å². The first-order chi connectivity index (χ1) is 17.4. The van der Waals surface area contributed by atoms with Crippen molar-refractivity contribution >= 4 is 47.0 Å². The van der Waals surface area contributed by atoms with E-state index in [4.69, 9.17) is 42.8 Å². The van der Waals surface area contributed by atoms with Gasteiger partial charge in [-0.15, -0.1) is 0 Å². The normalized spacial score (nSPS) is 16.4. The smallest absolute Gasteiger partial charge is 0.338 e. The molecule has 10 nitrogen and oxygen atoms in total. The molecule has 0 unspecified atom stereocenters. The highest BCUT2D eigenvalue weighted by molar-refractivity contribution is 7.80. The molecule has 0 saturated carbocycles. The number of amides is 1. The van der Waals surface area contributed by atoms with Crippen molar-refractivity contribution in [1.29, 1.82) is 0 Å². The third-order valence-electron chi connectivity index (χ3n) is 5.24. The van der Waals surface area contributed by atoms with Gasteiger partial charge in [0.2, 0.25) is 6.79 Å². The zero-order chi connectivity index (χ0) is 25.7. The Kier molecular flexibility index (Phi) is 7.91. The summed E-state index contributed by atoms with van der Waals surface area (Å²) in [5.41, 5.74) is 4.51. The number of thiocarbonyl (C=S) groups is 1. The first-order valence-corrected chi connectivity index (χ1v) is 11.7. The molecule has 188 valence electrons. The number of para-hydroxylation sites is 1. The van der Waals surface area contributed by atoms with E-state index in [1.165, 1.54) is 6.21 Å². The summed E-state index contributed by atoms with van der Waals surface area (Å²) in [7, 11) is 0. The molecule has 2 heterocycles. The van der Waals surface area contributed by atoms with Crippen molar-refractivity contribution in [3.05, 3.63) is 63.8 Å². The number of allylic oxidation sites excluding steroid dienone is 1. The van der Waals surface area contributed by atoms with E-state index in [2.05, 4.69) is 21.2 Å². The lowest BCUT2D eigenvalue weighted by Crippen LogP contribution is -2.45. The fourth-order valence-corrected chi connectivity index (χ4v) is 4.11. The number of ether oxygens (including phenoxy) is 4. The van der Waals surface area contributed by atoms with Gasteiger partial charge in [-0.3, -0.25) is 4.79 Å². The number of benzene rings is 2. The topological polar surface area (TPSA) is 120 Å². The highest BCUT2D eigenvalue weighted by atomic mass is 35.5. The van der Waals surface area contributed by atoms with Crippen LogP contribution in [-0.4, -0.2) is 43.2 Å². The van der Waals surface area contributed by atoms with Crippen molar-refractivity contribution in [2.75, 3.05) is 20.0 Å². The highest BCUT2D eigenvalue weighted by Crippen LogP contribution is 2.36. The van der Waals surface area contributed by atoms with E-state index < -0.39 is 17.9 Å². The lowest BCUT2D eigenvalue weighted by molar-refractivity contribution is -0.139. The maximum absolute atomic E-state index is 12.6. The van der Waals surface area contributed by atoms with Crippen LogP contribution in [0.5, 0.6) is 17.2 Å². The van der Waals surface area contributed by atoms with Crippen LogP contribution in [0.1, 0.15) is 31.0 Å². The fraction of sp³-hybridized carbons (Fsp3) is 0.250. The largest absolute Gasteiger partial charge is 0.483 e. The van der Waals surface area contributed by atoms with Gasteiger partial charge in [0.1, 0.15) is 5.75 Å². The van der Waals surface area contributed by atoms with Crippen LogP contribution in [-0.2, 0) is 14.3 Å². The van der Waals surface area contributed by atoms with E-state index in [1.54, 1.807) is 50.2 Å². The first kappa shape index (κ1) is 25.3. The van der Waals surface area contributed by atoms with Crippen LogP contribution >= 0.6 is 23.8 Å². The molecule has 0 spiro atoms. The van der Waals surface area contributed by atoms with E-state index in [-0.39, 0.29) is 20.0 Å². The molecule has 2 aromatic rings. The van der Waals surface area contributed by atoms with Crippen LogP contribution in [0.4, 0.5) is 0 Å². The molecule has 2 aliphatic heterocycles. The number of esters is 1. The summed E-state index contributed by atoms with van der Waals surface area (Å²) in [5, 5.41) is 10.7. The number of hydrogen-bond donors (Lipinski definition) is 3. The molecule has 0 fully saturated rings. The Morgan fingerprint density at radius 3 is 2.81 bits per heavy atom.